The minimum atomic E-state index is -0.987. The molecule has 182 valence electrons. The highest BCUT2D eigenvalue weighted by Crippen LogP contribution is 2.69. The molecule has 32 heavy (non-hydrogen) atoms. The summed E-state index contributed by atoms with van der Waals surface area (Å²) < 4.78 is 0. The van der Waals surface area contributed by atoms with Crippen molar-refractivity contribution in [2.24, 2.45) is 45.3 Å². The van der Waals surface area contributed by atoms with Crippen LogP contribution >= 0.6 is 0 Å². The number of fused-ring (bicyclic) bond motifs is 6. The number of allylic oxidation sites excluding steroid dienone is 2. The van der Waals surface area contributed by atoms with E-state index in [4.69, 9.17) is 0 Å². The second-order valence-corrected chi connectivity index (χ2v) is 14.3. The van der Waals surface area contributed by atoms with E-state index < -0.39 is 11.7 Å². The maximum atomic E-state index is 11.3. The summed E-state index contributed by atoms with van der Waals surface area (Å²) in [5, 5.41) is 32.7. The molecule has 10 atom stereocenters. The molecule has 0 saturated heterocycles. The standard InChI is InChI=1S/C29H48O3/c1-25(2)20-11-14-26(3)17-18-7-9-22-27(4,15-13-24(31)29(22,6)32)19(18)8-10-21(26)28(20,5)16-12-23(25)30/h7,19-24,30-32H,8-17H2,1-6H3. The lowest BCUT2D eigenvalue weighted by Gasteiger charge is -2.63. The first kappa shape index (κ1) is 23.4. The molecular formula is C29H48O3. The van der Waals surface area contributed by atoms with Crippen LogP contribution in [0.4, 0.5) is 0 Å². The topological polar surface area (TPSA) is 60.7 Å². The Bertz CT molecular complexity index is 798. The van der Waals surface area contributed by atoms with Gasteiger partial charge in [-0.15, -0.1) is 0 Å². The molecule has 0 heterocycles. The highest BCUT2D eigenvalue weighted by molar-refractivity contribution is 5.25. The third-order valence-electron chi connectivity index (χ3n) is 12.5. The first-order valence-corrected chi connectivity index (χ1v) is 13.5. The summed E-state index contributed by atoms with van der Waals surface area (Å²) in [7, 11) is 0. The van der Waals surface area contributed by atoms with E-state index >= 15 is 0 Å². The quantitative estimate of drug-likeness (QED) is 0.410. The summed E-state index contributed by atoms with van der Waals surface area (Å²) >= 11 is 0. The van der Waals surface area contributed by atoms with Gasteiger partial charge < -0.3 is 15.3 Å². The minimum Gasteiger partial charge on any atom is -0.393 e. The third kappa shape index (κ3) is 2.95. The molecule has 5 rings (SSSR count). The Labute approximate surface area is 196 Å². The summed E-state index contributed by atoms with van der Waals surface area (Å²) in [6.45, 7) is 14.1. The van der Waals surface area contributed by atoms with Gasteiger partial charge in [0.25, 0.3) is 0 Å². The third-order valence-corrected chi connectivity index (χ3v) is 12.5. The molecule has 4 saturated carbocycles. The molecule has 0 bridgehead atoms. The maximum Gasteiger partial charge on any atom is 0.0913 e. The molecular weight excluding hydrogens is 396 g/mol. The predicted molar refractivity (Wildman–Crippen MR) is 129 cm³/mol. The fourth-order valence-corrected chi connectivity index (χ4v) is 10.6. The summed E-state index contributed by atoms with van der Waals surface area (Å²) in [4.78, 5) is 0. The zero-order chi connectivity index (χ0) is 23.3. The summed E-state index contributed by atoms with van der Waals surface area (Å²) in [6.07, 6.45) is 12.7. The molecule has 0 amide bonds. The Morgan fingerprint density at radius 1 is 0.719 bits per heavy atom. The SMILES string of the molecule is CC12CCC3C(C)(C)C(O)CCC3(C)C1CCC1C(=CCC3C(C)(O)C(O)CCC13C)C2. The van der Waals surface area contributed by atoms with Crippen LogP contribution in [0.15, 0.2) is 11.6 Å². The molecule has 0 radical (unpaired) electrons. The van der Waals surface area contributed by atoms with Crippen molar-refractivity contribution in [1.29, 1.82) is 0 Å². The summed E-state index contributed by atoms with van der Waals surface area (Å²) in [5.74, 6) is 1.98. The van der Waals surface area contributed by atoms with Crippen molar-refractivity contribution in [2.75, 3.05) is 0 Å². The second-order valence-electron chi connectivity index (χ2n) is 14.3. The van der Waals surface area contributed by atoms with E-state index in [9.17, 15) is 15.3 Å². The molecule has 3 nitrogen and oxygen atoms in total. The van der Waals surface area contributed by atoms with Crippen LogP contribution in [0, 0.1) is 45.3 Å². The number of rotatable bonds is 0. The first-order valence-electron chi connectivity index (χ1n) is 13.5. The maximum absolute atomic E-state index is 11.3. The first-order chi connectivity index (χ1) is 14.8. The molecule has 0 spiro atoms. The monoisotopic (exact) mass is 444 g/mol. The van der Waals surface area contributed by atoms with E-state index in [1.165, 1.54) is 32.1 Å². The van der Waals surface area contributed by atoms with Crippen molar-refractivity contribution in [2.45, 2.75) is 124 Å². The van der Waals surface area contributed by atoms with Crippen LogP contribution in [0.3, 0.4) is 0 Å². The highest BCUT2D eigenvalue weighted by atomic mass is 16.3. The normalized spacial score (nSPS) is 57.2. The number of aliphatic hydroxyl groups is 3. The van der Waals surface area contributed by atoms with Crippen molar-refractivity contribution in [1.82, 2.24) is 0 Å². The molecule has 0 aromatic rings. The average Bonchev–Trinajstić information content (AvgIpc) is 2.86. The van der Waals surface area contributed by atoms with Crippen molar-refractivity contribution in [3.63, 3.8) is 0 Å². The summed E-state index contributed by atoms with van der Waals surface area (Å²) in [5.41, 5.74) is 1.40. The van der Waals surface area contributed by atoms with Crippen molar-refractivity contribution in [3.8, 4) is 0 Å². The fraction of sp³-hybridized carbons (Fsp3) is 0.931. The lowest BCUT2D eigenvalue weighted by atomic mass is 9.42. The van der Waals surface area contributed by atoms with Gasteiger partial charge in [-0.2, -0.15) is 0 Å². The van der Waals surface area contributed by atoms with Crippen LogP contribution in [-0.4, -0.2) is 33.1 Å². The van der Waals surface area contributed by atoms with Crippen molar-refractivity contribution < 1.29 is 15.3 Å². The van der Waals surface area contributed by atoms with Gasteiger partial charge in [-0.25, -0.2) is 0 Å². The van der Waals surface area contributed by atoms with Gasteiger partial charge in [-0.05, 0) is 116 Å². The van der Waals surface area contributed by atoms with Crippen LogP contribution in [0.5, 0.6) is 0 Å². The van der Waals surface area contributed by atoms with Gasteiger partial charge in [0.15, 0.2) is 0 Å². The van der Waals surface area contributed by atoms with E-state index in [1.54, 1.807) is 5.57 Å². The molecule has 3 heteroatoms. The Morgan fingerprint density at radius 2 is 1.38 bits per heavy atom. The second kappa shape index (κ2) is 7.08. The molecule has 0 aliphatic heterocycles. The number of hydrogen-bond donors (Lipinski definition) is 3. The minimum absolute atomic E-state index is 0.00193. The molecule has 5 aliphatic rings. The van der Waals surface area contributed by atoms with Gasteiger partial charge in [-0.3, -0.25) is 0 Å². The molecule has 3 N–H and O–H groups in total. The van der Waals surface area contributed by atoms with Gasteiger partial charge in [0.1, 0.15) is 0 Å². The van der Waals surface area contributed by atoms with Gasteiger partial charge in [-0.1, -0.05) is 46.3 Å². The van der Waals surface area contributed by atoms with Crippen LogP contribution in [0.25, 0.3) is 0 Å². The lowest BCUT2D eigenvalue weighted by molar-refractivity contribution is -0.180. The number of hydrogen-bond acceptors (Lipinski definition) is 3. The van der Waals surface area contributed by atoms with Gasteiger partial charge in [0, 0.05) is 0 Å². The molecule has 10 unspecified atom stereocenters. The molecule has 0 aromatic heterocycles. The fourth-order valence-electron chi connectivity index (χ4n) is 10.6. The van der Waals surface area contributed by atoms with Crippen molar-refractivity contribution >= 4 is 0 Å². The lowest BCUT2D eigenvalue weighted by Crippen LogP contribution is -2.59. The van der Waals surface area contributed by atoms with E-state index in [-0.39, 0.29) is 22.9 Å². The highest BCUT2D eigenvalue weighted by Gasteiger charge is 2.63. The molecule has 0 aromatic carbocycles. The number of aliphatic hydroxyl groups excluding tert-OH is 2. The van der Waals surface area contributed by atoms with E-state index in [0.29, 0.717) is 28.6 Å². The Balaban J connectivity index is 1.50. The van der Waals surface area contributed by atoms with E-state index in [0.717, 1.165) is 32.1 Å². The van der Waals surface area contributed by atoms with Gasteiger partial charge >= 0.3 is 0 Å². The zero-order valence-corrected chi connectivity index (χ0v) is 21.5. The van der Waals surface area contributed by atoms with E-state index in [1.807, 2.05) is 6.92 Å². The largest absolute Gasteiger partial charge is 0.393 e. The van der Waals surface area contributed by atoms with Crippen LogP contribution < -0.4 is 0 Å². The smallest absolute Gasteiger partial charge is 0.0913 e. The van der Waals surface area contributed by atoms with Crippen LogP contribution in [0.2, 0.25) is 0 Å². The Hall–Kier alpha value is -0.380. The summed E-state index contributed by atoms with van der Waals surface area (Å²) in [6, 6.07) is 0. The molecule has 5 aliphatic carbocycles. The van der Waals surface area contributed by atoms with Crippen LogP contribution in [0.1, 0.15) is 106 Å². The van der Waals surface area contributed by atoms with Crippen LogP contribution in [-0.2, 0) is 0 Å². The average molecular weight is 445 g/mol. The zero-order valence-electron chi connectivity index (χ0n) is 21.5. The predicted octanol–water partition coefficient (Wildman–Crippen LogP) is 5.86. The van der Waals surface area contributed by atoms with Gasteiger partial charge in [0.2, 0.25) is 0 Å². The Kier molecular flexibility index (Phi) is 5.17. The van der Waals surface area contributed by atoms with Crippen molar-refractivity contribution in [3.05, 3.63) is 11.6 Å². The molecule has 4 fully saturated rings. The van der Waals surface area contributed by atoms with Gasteiger partial charge in [0.05, 0.1) is 17.8 Å². The Morgan fingerprint density at radius 3 is 2.09 bits per heavy atom. The van der Waals surface area contributed by atoms with E-state index in [2.05, 4.69) is 40.7 Å².